The molecule has 31 heavy (non-hydrogen) atoms. The maximum absolute atomic E-state index is 4.79. The molecule has 0 saturated carbocycles. The van der Waals surface area contributed by atoms with Crippen molar-refractivity contribution in [3.63, 3.8) is 0 Å². The molecule has 0 aliphatic heterocycles. The quantitative estimate of drug-likeness (QED) is 0.183. The van der Waals surface area contributed by atoms with E-state index < -0.39 is 0 Å². The highest BCUT2D eigenvalue weighted by Gasteiger charge is 2.16. The van der Waals surface area contributed by atoms with Crippen molar-refractivity contribution in [2.75, 3.05) is 5.43 Å². The number of halogens is 1. The van der Waals surface area contributed by atoms with Crippen molar-refractivity contribution in [2.24, 2.45) is 5.10 Å². The van der Waals surface area contributed by atoms with Gasteiger partial charge in [-0.15, -0.1) is 0 Å². The van der Waals surface area contributed by atoms with Crippen molar-refractivity contribution in [3.8, 4) is 0 Å². The number of pyridine rings is 1. The van der Waals surface area contributed by atoms with Gasteiger partial charge in [0, 0.05) is 22.4 Å². The Morgan fingerprint density at radius 3 is 2.06 bits per heavy atom. The smallest absolute Gasteiger partial charge is 0.213 e. The van der Waals surface area contributed by atoms with E-state index in [0.29, 0.717) is 6.54 Å². The molecule has 1 aromatic heterocycles. The van der Waals surface area contributed by atoms with Crippen LogP contribution < -0.4 is 27.0 Å². The Labute approximate surface area is 192 Å². The molecule has 5 aromatic rings. The van der Waals surface area contributed by atoms with E-state index in [4.69, 9.17) is 5.10 Å². The number of hydrazone groups is 1. The Balaban J connectivity index is 0.00000231. The highest BCUT2D eigenvalue weighted by atomic mass is 79.9. The van der Waals surface area contributed by atoms with Crippen molar-refractivity contribution >= 4 is 33.1 Å². The van der Waals surface area contributed by atoms with Gasteiger partial charge in [-0.25, -0.2) is 0 Å². The maximum atomic E-state index is 4.79. The third-order valence-corrected chi connectivity index (χ3v) is 5.28. The summed E-state index contributed by atoms with van der Waals surface area (Å²) in [7, 11) is 0. The number of para-hydroxylation sites is 2. The first-order chi connectivity index (χ1) is 14.9. The molecule has 0 spiro atoms. The van der Waals surface area contributed by atoms with Crippen LogP contribution in [0.4, 0.5) is 5.69 Å². The molecular formula is C27H22BrN3. The molecule has 1 heterocycles. The molecule has 0 amide bonds. The van der Waals surface area contributed by atoms with Crippen molar-refractivity contribution in [2.45, 2.75) is 6.54 Å². The number of nitrogens with one attached hydrogen (secondary N) is 1. The van der Waals surface area contributed by atoms with Crippen LogP contribution in [0.5, 0.6) is 0 Å². The summed E-state index contributed by atoms with van der Waals surface area (Å²) in [5, 5.41) is 8.53. The van der Waals surface area contributed by atoms with E-state index in [9.17, 15) is 0 Å². The number of hydrogen-bond acceptors (Lipinski definition) is 2. The third kappa shape index (κ3) is 4.49. The molecule has 0 atom stereocenters. The summed E-state index contributed by atoms with van der Waals surface area (Å²) in [6.07, 6.45) is 2.22. The standard InChI is InChI=1S/C27H22N3.BrH/c1-3-11-21(12-4-1)26(29-28-23-14-5-2-6-15-23)20-30-19-22-13-7-8-16-24(22)25-17-9-10-18-27(25)30;/h1-19,28H,20H2;1H/q+1;/p-1/b29-26-;. The molecule has 4 heteroatoms. The summed E-state index contributed by atoms with van der Waals surface area (Å²) in [4.78, 5) is 0. The molecule has 0 bridgehead atoms. The Morgan fingerprint density at radius 1 is 0.677 bits per heavy atom. The van der Waals surface area contributed by atoms with Gasteiger partial charge in [0.05, 0.1) is 11.1 Å². The lowest BCUT2D eigenvalue weighted by Crippen LogP contribution is -3.00. The van der Waals surface area contributed by atoms with Crippen LogP contribution in [-0.4, -0.2) is 5.71 Å². The van der Waals surface area contributed by atoms with E-state index in [0.717, 1.165) is 17.0 Å². The number of rotatable bonds is 5. The molecule has 152 valence electrons. The van der Waals surface area contributed by atoms with E-state index in [2.05, 4.69) is 89.0 Å². The van der Waals surface area contributed by atoms with Crippen LogP contribution in [0.3, 0.4) is 0 Å². The van der Waals surface area contributed by atoms with E-state index in [-0.39, 0.29) is 17.0 Å². The highest BCUT2D eigenvalue weighted by molar-refractivity contribution is 6.04. The summed E-state index contributed by atoms with van der Waals surface area (Å²) < 4.78 is 2.29. The monoisotopic (exact) mass is 467 g/mol. The molecule has 3 nitrogen and oxygen atoms in total. The number of benzene rings is 4. The summed E-state index contributed by atoms with van der Waals surface area (Å²) in [5.74, 6) is 0. The zero-order chi connectivity index (χ0) is 20.2. The molecule has 0 saturated heterocycles. The topological polar surface area (TPSA) is 28.3 Å². The van der Waals surface area contributed by atoms with Crippen LogP contribution in [0.1, 0.15) is 5.56 Å². The number of hydrogen-bond donors (Lipinski definition) is 1. The van der Waals surface area contributed by atoms with Gasteiger partial charge in [-0.2, -0.15) is 9.67 Å². The minimum Gasteiger partial charge on any atom is -1.00 e. The molecule has 0 radical (unpaired) electrons. The normalized spacial score (nSPS) is 11.3. The van der Waals surface area contributed by atoms with Gasteiger partial charge < -0.3 is 17.0 Å². The first kappa shape index (κ1) is 20.8. The number of anilines is 1. The Morgan fingerprint density at radius 2 is 1.29 bits per heavy atom. The first-order valence-electron chi connectivity index (χ1n) is 10.1. The summed E-state index contributed by atoms with van der Waals surface area (Å²) >= 11 is 0. The van der Waals surface area contributed by atoms with Gasteiger partial charge in [-0.1, -0.05) is 78.9 Å². The first-order valence-corrected chi connectivity index (χ1v) is 10.1. The van der Waals surface area contributed by atoms with Crippen molar-refractivity contribution in [1.29, 1.82) is 0 Å². The molecule has 0 aliphatic rings. The van der Waals surface area contributed by atoms with E-state index in [1.165, 1.54) is 21.7 Å². The van der Waals surface area contributed by atoms with E-state index >= 15 is 0 Å². The zero-order valence-electron chi connectivity index (χ0n) is 16.9. The predicted octanol–water partition coefficient (Wildman–Crippen LogP) is 2.80. The van der Waals surface area contributed by atoms with Gasteiger partial charge >= 0.3 is 0 Å². The van der Waals surface area contributed by atoms with Crippen LogP contribution in [-0.2, 0) is 6.54 Å². The molecule has 4 aromatic carbocycles. The van der Waals surface area contributed by atoms with Crippen LogP contribution in [0, 0.1) is 0 Å². The molecule has 0 fully saturated rings. The molecule has 0 unspecified atom stereocenters. The van der Waals surface area contributed by atoms with Gasteiger partial charge in [-0.05, 0) is 24.3 Å². The number of aromatic nitrogens is 1. The van der Waals surface area contributed by atoms with Gasteiger partial charge in [0.2, 0.25) is 5.52 Å². The minimum atomic E-state index is 0. The average molecular weight is 468 g/mol. The molecule has 1 N–H and O–H groups in total. The van der Waals surface area contributed by atoms with Crippen LogP contribution in [0.25, 0.3) is 21.7 Å². The Bertz CT molecular complexity index is 1330. The zero-order valence-corrected chi connectivity index (χ0v) is 18.5. The minimum absolute atomic E-state index is 0. The third-order valence-electron chi connectivity index (χ3n) is 5.28. The van der Waals surface area contributed by atoms with Crippen molar-refractivity contribution in [1.82, 2.24) is 0 Å². The summed E-state index contributed by atoms with van der Waals surface area (Å²) in [5.41, 5.74) is 7.47. The maximum Gasteiger partial charge on any atom is 0.213 e. The highest BCUT2D eigenvalue weighted by Crippen LogP contribution is 2.22. The van der Waals surface area contributed by atoms with Crippen molar-refractivity contribution in [3.05, 3.63) is 121 Å². The second kappa shape index (κ2) is 9.54. The Kier molecular flexibility index (Phi) is 6.39. The number of fused-ring (bicyclic) bond motifs is 3. The molecule has 0 aliphatic carbocycles. The second-order valence-electron chi connectivity index (χ2n) is 7.26. The fourth-order valence-electron chi connectivity index (χ4n) is 3.80. The van der Waals surface area contributed by atoms with E-state index in [1.54, 1.807) is 0 Å². The second-order valence-corrected chi connectivity index (χ2v) is 7.26. The Hall–Kier alpha value is -3.50. The number of nitrogens with zero attached hydrogens (tertiary/aromatic N) is 2. The fraction of sp³-hybridized carbons (Fsp3) is 0.0370. The van der Waals surface area contributed by atoms with Crippen molar-refractivity contribution < 1.29 is 21.5 Å². The SMILES string of the molecule is [Br-].c1ccc(N/N=C(/C[n+]2cc3ccccc3c3ccccc32)c2ccccc2)cc1. The van der Waals surface area contributed by atoms with Crippen LogP contribution in [0.15, 0.2) is 120 Å². The largest absolute Gasteiger partial charge is 1.00 e. The van der Waals surface area contributed by atoms with Gasteiger partial charge in [0.1, 0.15) is 5.71 Å². The van der Waals surface area contributed by atoms with Gasteiger partial charge in [0.25, 0.3) is 0 Å². The summed E-state index contributed by atoms with van der Waals surface area (Å²) in [6.45, 7) is 0.662. The lowest BCUT2D eigenvalue weighted by molar-refractivity contribution is -0.654. The molecule has 5 rings (SSSR count). The van der Waals surface area contributed by atoms with Crippen LogP contribution in [0.2, 0.25) is 0 Å². The summed E-state index contributed by atoms with van der Waals surface area (Å²) in [6, 6.07) is 37.5. The lowest BCUT2D eigenvalue weighted by atomic mass is 10.1. The molecular weight excluding hydrogens is 446 g/mol. The van der Waals surface area contributed by atoms with E-state index in [1.807, 2.05) is 36.4 Å². The van der Waals surface area contributed by atoms with Gasteiger partial charge in [0.15, 0.2) is 12.7 Å². The van der Waals surface area contributed by atoms with Gasteiger partial charge in [-0.3, -0.25) is 5.43 Å². The average Bonchev–Trinajstić information content (AvgIpc) is 2.83. The lowest BCUT2D eigenvalue weighted by Gasteiger charge is -2.09. The van der Waals surface area contributed by atoms with Crippen LogP contribution >= 0.6 is 0 Å². The fourth-order valence-corrected chi connectivity index (χ4v) is 3.80. The predicted molar refractivity (Wildman–Crippen MR) is 125 cm³/mol.